The number of ether oxygens (including phenoxy) is 3. The van der Waals surface area contributed by atoms with E-state index in [2.05, 4.69) is 19.8 Å². The van der Waals surface area contributed by atoms with Crippen LogP contribution in [0.3, 0.4) is 0 Å². The Morgan fingerprint density at radius 2 is 1.83 bits per heavy atom. The van der Waals surface area contributed by atoms with Gasteiger partial charge >= 0.3 is 18.7 Å². The van der Waals surface area contributed by atoms with Crippen molar-refractivity contribution in [3.05, 3.63) is 53.2 Å². The normalized spacial score (nSPS) is 14.3. The highest BCUT2D eigenvalue weighted by Gasteiger charge is 2.54. The smallest absolute Gasteiger partial charge is 0.410 e. The number of likely N-dealkylation sites (tertiary alicyclic amines) is 1. The van der Waals surface area contributed by atoms with Crippen LogP contribution in [0.25, 0.3) is 0 Å². The SMILES string of the molecule is COC(=O)COC(=O)N1CC(C(=O)Nc2ccc(C)nc2OC(F)F)(c2ccccc2C(C)C)C1. The summed E-state index contributed by atoms with van der Waals surface area (Å²) in [5.41, 5.74) is 0.811. The molecule has 3 rings (SSSR count). The standard InChI is InChI=1S/C24H27F2N3O6/c1-14(2)16-7-5-6-8-17(16)24(12-29(13-24)23(32)34-11-19(30)33-4)21(31)28-18-10-9-15(3)27-20(18)35-22(25)26/h5-10,14,22H,11-13H2,1-4H3,(H,28,31). The zero-order chi connectivity index (χ0) is 25.8. The van der Waals surface area contributed by atoms with E-state index in [0.29, 0.717) is 11.3 Å². The fraction of sp³-hybridized carbons (Fsp3) is 0.417. The molecule has 1 aromatic carbocycles. The number of amides is 2. The van der Waals surface area contributed by atoms with E-state index in [9.17, 15) is 23.2 Å². The molecule has 0 spiro atoms. The molecule has 0 radical (unpaired) electrons. The summed E-state index contributed by atoms with van der Waals surface area (Å²) >= 11 is 0. The van der Waals surface area contributed by atoms with Crippen molar-refractivity contribution in [3.63, 3.8) is 0 Å². The van der Waals surface area contributed by atoms with Crippen LogP contribution in [-0.2, 0) is 24.5 Å². The van der Waals surface area contributed by atoms with Gasteiger partial charge in [-0.15, -0.1) is 0 Å². The summed E-state index contributed by atoms with van der Waals surface area (Å²) < 4.78 is 39.7. The lowest BCUT2D eigenvalue weighted by Crippen LogP contribution is -2.66. The maximum atomic E-state index is 13.7. The number of carbonyl (C=O) groups excluding carboxylic acids is 3. The number of pyridine rings is 1. The molecule has 0 saturated carbocycles. The van der Waals surface area contributed by atoms with Crippen molar-refractivity contribution in [1.82, 2.24) is 9.88 Å². The molecule has 2 amide bonds. The summed E-state index contributed by atoms with van der Waals surface area (Å²) in [6, 6.07) is 10.3. The van der Waals surface area contributed by atoms with Crippen LogP contribution in [0.4, 0.5) is 19.3 Å². The molecule has 1 aliphatic heterocycles. The Morgan fingerprint density at radius 1 is 1.14 bits per heavy atom. The first-order valence-corrected chi connectivity index (χ1v) is 10.9. The van der Waals surface area contributed by atoms with Gasteiger partial charge in [-0.3, -0.25) is 4.79 Å². The number of benzene rings is 1. The Labute approximate surface area is 201 Å². The van der Waals surface area contributed by atoms with Crippen molar-refractivity contribution in [3.8, 4) is 5.88 Å². The van der Waals surface area contributed by atoms with E-state index in [0.717, 1.165) is 5.56 Å². The van der Waals surface area contributed by atoms with Crippen molar-refractivity contribution in [2.75, 3.05) is 32.1 Å². The number of aryl methyl sites for hydroxylation is 1. The number of esters is 1. The summed E-state index contributed by atoms with van der Waals surface area (Å²) in [5, 5.41) is 2.66. The van der Waals surface area contributed by atoms with E-state index in [1.165, 1.54) is 18.1 Å². The molecular formula is C24H27F2N3O6. The molecular weight excluding hydrogens is 464 g/mol. The average Bonchev–Trinajstić information content (AvgIpc) is 2.78. The van der Waals surface area contributed by atoms with Crippen LogP contribution in [0.2, 0.25) is 0 Å². The molecule has 0 aliphatic carbocycles. The van der Waals surface area contributed by atoms with Crippen LogP contribution in [0.1, 0.15) is 36.6 Å². The molecule has 9 nitrogen and oxygen atoms in total. The molecule has 0 atom stereocenters. The van der Waals surface area contributed by atoms with Gasteiger partial charge in [-0.05, 0) is 36.1 Å². The maximum Gasteiger partial charge on any atom is 0.410 e. The maximum absolute atomic E-state index is 13.7. The van der Waals surface area contributed by atoms with Crippen molar-refractivity contribution < 1.29 is 37.4 Å². The number of carbonyl (C=O) groups is 3. The summed E-state index contributed by atoms with van der Waals surface area (Å²) in [7, 11) is 1.17. The number of methoxy groups -OCH3 is 1. The first-order valence-electron chi connectivity index (χ1n) is 10.9. The first kappa shape index (κ1) is 25.9. The van der Waals surface area contributed by atoms with Crippen molar-refractivity contribution in [2.45, 2.75) is 38.7 Å². The Balaban J connectivity index is 1.92. The molecule has 1 fully saturated rings. The molecule has 1 aliphatic rings. The first-order chi connectivity index (χ1) is 16.6. The van der Waals surface area contributed by atoms with Crippen LogP contribution in [0.5, 0.6) is 5.88 Å². The van der Waals surface area contributed by atoms with Crippen molar-refractivity contribution in [1.29, 1.82) is 0 Å². The predicted molar refractivity (Wildman–Crippen MR) is 121 cm³/mol. The molecule has 1 aromatic heterocycles. The van der Waals surface area contributed by atoms with Crippen LogP contribution in [-0.4, -0.2) is 61.3 Å². The van der Waals surface area contributed by atoms with E-state index in [1.807, 2.05) is 26.0 Å². The van der Waals surface area contributed by atoms with E-state index in [1.54, 1.807) is 25.1 Å². The third-order valence-corrected chi connectivity index (χ3v) is 5.70. The largest absolute Gasteiger partial charge is 0.466 e. The molecule has 1 saturated heterocycles. The van der Waals surface area contributed by atoms with Crippen LogP contribution >= 0.6 is 0 Å². The average molecular weight is 491 g/mol. The predicted octanol–water partition coefficient (Wildman–Crippen LogP) is 3.62. The number of halogens is 2. The van der Waals surface area contributed by atoms with E-state index >= 15 is 0 Å². The van der Waals surface area contributed by atoms with E-state index in [4.69, 9.17) is 4.74 Å². The number of nitrogens with one attached hydrogen (secondary N) is 1. The van der Waals surface area contributed by atoms with Gasteiger partial charge in [0.15, 0.2) is 6.61 Å². The minimum atomic E-state index is -3.13. The van der Waals surface area contributed by atoms with Crippen LogP contribution in [0, 0.1) is 6.92 Å². The molecule has 11 heteroatoms. The molecule has 0 bridgehead atoms. The van der Waals surface area contributed by atoms with Gasteiger partial charge in [-0.25, -0.2) is 14.6 Å². The third-order valence-electron chi connectivity index (χ3n) is 5.70. The Morgan fingerprint density at radius 3 is 2.46 bits per heavy atom. The molecule has 188 valence electrons. The lowest BCUT2D eigenvalue weighted by Gasteiger charge is -2.49. The number of hydrogen-bond donors (Lipinski definition) is 1. The van der Waals surface area contributed by atoms with Gasteiger partial charge in [-0.2, -0.15) is 8.78 Å². The molecule has 0 unspecified atom stereocenters. The Bertz CT molecular complexity index is 1100. The van der Waals surface area contributed by atoms with Gasteiger partial charge in [-0.1, -0.05) is 38.1 Å². The van der Waals surface area contributed by atoms with Crippen molar-refractivity contribution in [2.24, 2.45) is 0 Å². The van der Waals surface area contributed by atoms with Crippen LogP contribution < -0.4 is 10.1 Å². The second-order valence-corrected chi connectivity index (χ2v) is 8.45. The quantitative estimate of drug-likeness (QED) is 0.562. The van der Waals surface area contributed by atoms with Gasteiger partial charge in [0.25, 0.3) is 0 Å². The summed E-state index contributed by atoms with van der Waals surface area (Å²) in [6.45, 7) is 1.78. The molecule has 2 aromatic rings. The molecule has 35 heavy (non-hydrogen) atoms. The minimum absolute atomic E-state index is 0.0194. The second kappa shape index (κ2) is 10.7. The highest BCUT2D eigenvalue weighted by molar-refractivity contribution is 6.02. The summed E-state index contributed by atoms with van der Waals surface area (Å²) in [6.07, 6.45) is -0.778. The lowest BCUT2D eigenvalue weighted by molar-refractivity contribution is -0.145. The molecule has 1 N–H and O–H groups in total. The minimum Gasteiger partial charge on any atom is -0.466 e. The summed E-state index contributed by atoms with van der Waals surface area (Å²) in [5.74, 6) is -1.58. The monoisotopic (exact) mass is 491 g/mol. The van der Waals surface area contributed by atoms with Crippen LogP contribution in [0.15, 0.2) is 36.4 Å². The topological polar surface area (TPSA) is 107 Å². The highest BCUT2D eigenvalue weighted by atomic mass is 19.3. The molecule has 2 heterocycles. The second-order valence-electron chi connectivity index (χ2n) is 8.45. The number of alkyl halides is 2. The third kappa shape index (κ3) is 5.67. The van der Waals surface area contributed by atoms with E-state index < -0.39 is 42.5 Å². The fourth-order valence-corrected chi connectivity index (χ4v) is 3.92. The zero-order valence-electron chi connectivity index (χ0n) is 19.8. The zero-order valence-corrected chi connectivity index (χ0v) is 19.8. The fourth-order valence-electron chi connectivity index (χ4n) is 3.92. The van der Waals surface area contributed by atoms with Gasteiger partial charge in [0, 0.05) is 18.8 Å². The van der Waals surface area contributed by atoms with Gasteiger partial charge < -0.3 is 24.4 Å². The van der Waals surface area contributed by atoms with Gasteiger partial charge in [0.05, 0.1) is 7.11 Å². The van der Waals surface area contributed by atoms with E-state index in [-0.39, 0.29) is 24.7 Å². The lowest BCUT2D eigenvalue weighted by atomic mass is 9.70. The highest BCUT2D eigenvalue weighted by Crippen LogP contribution is 2.40. The Kier molecular flexibility index (Phi) is 7.88. The number of anilines is 1. The Hall–Kier alpha value is -3.76. The van der Waals surface area contributed by atoms with Crippen molar-refractivity contribution >= 4 is 23.7 Å². The van der Waals surface area contributed by atoms with Gasteiger partial charge in [0.2, 0.25) is 11.8 Å². The number of rotatable bonds is 8. The van der Waals surface area contributed by atoms with Gasteiger partial charge in [0.1, 0.15) is 11.1 Å². The number of aromatic nitrogens is 1. The number of nitrogens with zero attached hydrogens (tertiary/aromatic N) is 2. The summed E-state index contributed by atoms with van der Waals surface area (Å²) in [4.78, 5) is 42.6. The number of hydrogen-bond acceptors (Lipinski definition) is 7.